The Bertz CT molecular complexity index is 668. The van der Waals surface area contributed by atoms with Gasteiger partial charge in [-0.2, -0.15) is 0 Å². The molecule has 2 aromatic carbocycles. The number of amides is 1. The van der Waals surface area contributed by atoms with Gasteiger partial charge in [0, 0.05) is 0 Å². The molecule has 0 aliphatic heterocycles. The average molecular weight is 345 g/mol. The van der Waals surface area contributed by atoms with Crippen LogP contribution in [0.2, 0.25) is 0 Å². The van der Waals surface area contributed by atoms with Crippen molar-refractivity contribution >= 4 is 5.91 Å². The van der Waals surface area contributed by atoms with E-state index in [-0.39, 0.29) is 24.4 Å². The van der Waals surface area contributed by atoms with Gasteiger partial charge in [0.15, 0.2) is 6.61 Å². The van der Waals surface area contributed by atoms with Gasteiger partial charge in [-0.25, -0.2) is 4.39 Å². The van der Waals surface area contributed by atoms with E-state index in [0.29, 0.717) is 11.7 Å². The van der Waals surface area contributed by atoms with Crippen molar-refractivity contribution < 1.29 is 18.7 Å². The molecule has 1 atom stereocenters. The quantitative estimate of drug-likeness (QED) is 0.783. The summed E-state index contributed by atoms with van der Waals surface area (Å²) >= 11 is 0. The molecule has 0 saturated heterocycles. The topological polar surface area (TPSA) is 47.6 Å². The second-order valence-electron chi connectivity index (χ2n) is 6.27. The lowest BCUT2D eigenvalue weighted by Crippen LogP contribution is -2.33. The molecule has 0 radical (unpaired) electrons. The van der Waals surface area contributed by atoms with E-state index in [1.54, 1.807) is 7.11 Å². The fraction of sp³-hybridized carbons (Fsp3) is 0.350. The molecule has 0 unspecified atom stereocenters. The largest absolute Gasteiger partial charge is 0.497 e. The zero-order valence-corrected chi connectivity index (χ0v) is 14.8. The Balaban J connectivity index is 1.97. The first kappa shape index (κ1) is 18.8. The molecule has 25 heavy (non-hydrogen) atoms. The van der Waals surface area contributed by atoms with Gasteiger partial charge in [-0.15, -0.1) is 0 Å². The average Bonchev–Trinajstić information content (AvgIpc) is 2.60. The van der Waals surface area contributed by atoms with Crippen LogP contribution >= 0.6 is 0 Å². The highest BCUT2D eigenvalue weighted by atomic mass is 19.1. The Morgan fingerprint density at radius 1 is 1.04 bits per heavy atom. The summed E-state index contributed by atoms with van der Waals surface area (Å²) in [4.78, 5) is 12.2. The van der Waals surface area contributed by atoms with Gasteiger partial charge in [0.2, 0.25) is 0 Å². The van der Waals surface area contributed by atoms with Crippen LogP contribution in [0.5, 0.6) is 11.5 Å². The SMILES string of the molecule is COc1ccc([C@H](CC(C)C)NC(=O)COc2ccc(F)cc2)cc1. The molecule has 4 nitrogen and oxygen atoms in total. The molecule has 0 aromatic heterocycles. The third kappa shape index (κ3) is 6.10. The highest BCUT2D eigenvalue weighted by Crippen LogP contribution is 2.23. The van der Waals surface area contributed by atoms with Crippen molar-refractivity contribution in [3.8, 4) is 11.5 Å². The van der Waals surface area contributed by atoms with Crippen LogP contribution in [-0.4, -0.2) is 19.6 Å². The summed E-state index contributed by atoms with van der Waals surface area (Å²) < 4.78 is 23.5. The molecule has 2 rings (SSSR count). The summed E-state index contributed by atoms with van der Waals surface area (Å²) in [5.41, 5.74) is 1.02. The van der Waals surface area contributed by atoms with Crippen LogP contribution in [0, 0.1) is 11.7 Å². The van der Waals surface area contributed by atoms with Crippen LogP contribution in [0.25, 0.3) is 0 Å². The van der Waals surface area contributed by atoms with Crippen molar-refractivity contribution in [2.24, 2.45) is 5.92 Å². The first-order valence-electron chi connectivity index (χ1n) is 8.29. The number of nitrogens with one attached hydrogen (secondary N) is 1. The molecule has 0 spiro atoms. The van der Waals surface area contributed by atoms with Crippen LogP contribution in [0.1, 0.15) is 31.9 Å². The van der Waals surface area contributed by atoms with E-state index < -0.39 is 0 Å². The highest BCUT2D eigenvalue weighted by Gasteiger charge is 2.16. The van der Waals surface area contributed by atoms with Crippen molar-refractivity contribution in [1.82, 2.24) is 5.32 Å². The third-order valence-electron chi connectivity index (χ3n) is 3.74. The van der Waals surface area contributed by atoms with Gasteiger partial charge in [-0.3, -0.25) is 4.79 Å². The lowest BCUT2D eigenvalue weighted by atomic mass is 9.97. The Labute approximate surface area is 148 Å². The molecule has 0 bridgehead atoms. The fourth-order valence-corrected chi connectivity index (χ4v) is 2.50. The minimum Gasteiger partial charge on any atom is -0.497 e. The maximum Gasteiger partial charge on any atom is 0.258 e. The van der Waals surface area contributed by atoms with Crippen LogP contribution in [0.3, 0.4) is 0 Å². The van der Waals surface area contributed by atoms with Gasteiger partial charge in [-0.1, -0.05) is 26.0 Å². The van der Waals surface area contributed by atoms with E-state index in [1.807, 2.05) is 24.3 Å². The van der Waals surface area contributed by atoms with E-state index in [2.05, 4.69) is 19.2 Å². The number of halogens is 1. The molecular formula is C20H24FNO3. The van der Waals surface area contributed by atoms with Gasteiger partial charge in [0.25, 0.3) is 5.91 Å². The van der Waals surface area contributed by atoms with E-state index >= 15 is 0 Å². The Hall–Kier alpha value is -2.56. The third-order valence-corrected chi connectivity index (χ3v) is 3.74. The predicted molar refractivity (Wildman–Crippen MR) is 95.2 cm³/mol. The van der Waals surface area contributed by atoms with E-state index in [9.17, 15) is 9.18 Å². The zero-order valence-electron chi connectivity index (χ0n) is 14.8. The van der Waals surface area contributed by atoms with Gasteiger partial charge in [-0.05, 0) is 54.3 Å². The molecule has 1 amide bonds. The number of hydrogen-bond acceptors (Lipinski definition) is 3. The zero-order chi connectivity index (χ0) is 18.2. The maximum atomic E-state index is 12.9. The molecule has 134 valence electrons. The molecular weight excluding hydrogens is 321 g/mol. The summed E-state index contributed by atoms with van der Waals surface area (Å²) in [5.74, 6) is 1.10. The number of methoxy groups -OCH3 is 1. The first-order valence-corrected chi connectivity index (χ1v) is 8.29. The number of carbonyl (C=O) groups excluding carboxylic acids is 1. The van der Waals surface area contributed by atoms with Crippen molar-refractivity contribution in [3.63, 3.8) is 0 Å². The molecule has 1 N–H and O–H groups in total. The van der Waals surface area contributed by atoms with Gasteiger partial charge >= 0.3 is 0 Å². The van der Waals surface area contributed by atoms with E-state index in [4.69, 9.17) is 9.47 Å². The van der Waals surface area contributed by atoms with Crippen molar-refractivity contribution in [2.45, 2.75) is 26.3 Å². The van der Waals surface area contributed by atoms with Gasteiger partial charge in [0.05, 0.1) is 13.2 Å². The lowest BCUT2D eigenvalue weighted by molar-refractivity contribution is -0.124. The molecule has 0 aliphatic rings. The summed E-state index contributed by atoms with van der Waals surface area (Å²) in [6.45, 7) is 4.10. The Morgan fingerprint density at radius 3 is 2.20 bits per heavy atom. The molecule has 0 heterocycles. The molecule has 0 aliphatic carbocycles. The lowest BCUT2D eigenvalue weighted by Gasteiger charge is -2.21. The smallest absolute Gasteiger partial charge is 0.258 e. The molecule has 0 fully saturated rings. The predicted octanol–water partition coefficient (Wildman–Crippen LogP) is 4.12. The van der Waals surface area contributed by atoms with Crippen molar-refractivity contribution in [2.75, 3.05) is 13.7 Å². The second kappa shape index (κ2) is 9.06. The molecule has 2 aromatic rings. The van der Waals surface area contributed by atoms with Crippen LogP contribution in [0.15, 0.2) is 48.5 Å². The van der Waals surface area contributed by atoms with Crippen LogP contribution in [0.4, 0.5) is 4.39 Å². The van der Waals surface area contributed by atoms with E-state index in [0.717, 1.165) is 17.7 Å². The van der Waals surface area contributed by atoms with E-state index in [1.165, 1.54) is 24.3 Å². The van der Waals surface area contributed by atoms with Crippen molar-refractivity contribution in [3.05, 3.63) is 59.9 Å². The number of benzene rings is 2. The van der Waals surface area contributed by atoms with Crippen LogP contribution in [-0.2, 0) is 4.79 Å². The Kier molecular flexibility index (Phi) is 6.81. The minimum absolute atomic E-state index is 0.102. The van der Waals surface area contributed by atoms with Gasteiger partial charge in [0.1, 0.15) is 17.3 Å². The van der Waals surface area contributed by atoms with Crippen molar-refractivity contribution in [1.29, 1.82) is 0 Å². The summed E-state index contributed by atoms with van der Waals surface area (Å²) in [6, 6.07) is 13.1. The number of hydrogen-bond donors (Lipinski definition) is 1. The highest BCUT2D eigenvalue weighted by molar-refractivity contribution is 5.78. The molecule has 5 heteroatoms. The summed E-state index contributed by atoms with van der Waals surface area (Å²) in [7, 11) is 1.62. The van der Waals surface area contributed by atoms with Gasteiger partial charge < -0.3 is 14.8 Å². The minimum atomic E-state index is -0.340. The number of rotatable bonds is 8. The second-order valence-corrected chi connectivity index (χ2v) is 6.27. The molecule has 0 saturated carbocycles. The Morgan fingerprint density at radius 2 is 1.64 bits per heavy atom. The maximum absolute atomic E-state index is 12.9. The number of ether oxygens (including phenoxy) is 2. The monoisotopic (exact) mass is 345 g/mol. The number of carbonyl (C=O) groups is 1. The first-order chi connectivity index (χ1) is 12.0. The standard InChI is InChI=1S/C20H24FNO3/c1-14(2)12-19(15-4-8-17(24-3)9-5-15)22-20(23)13-25-18-10-6-16(21)7-11-18/h4-11,14,19H,12-13H2,1-3H3,(H,22,23)/t19-/m0/s1. The summed E-state index contributed by atoms with van der Waals surface area (Å²) in [5, 5.41) is 3.00. The summed E-state index contributed by atoms with van der Waals surface area (Å²) in [6.07, 6.45) is 0.814. The normalized spacial score (nSPS) is 11.9. The fourth-order valence-electron chi connectivity index (χ4n) is 2.50. The van der Waals surface area contributed by atoms with Crippen LogP contribution < -0.4 is 14.8 Å².